The molecule has 0 radical (unpaired) electrons. The molecule has 2 amide bonds. The van der Waals surface area contributed by atoms with Gasteiger partial charge in [0.05, 0.1) is 15.6 Å². The number of carbonyl (C=O) groups excluding carboxylic acids is 2. The summed E-state index contributed by atoms with van der Waals surface area (Å²) >= 11 is 6.26. The molecule has 0 spiro atoms. The summed E-state index contributed by atoms with van der Waals surface area (Å²) in [6.07, 6.45) is 1.06. The SMILES string of the molecule is CS(=O)(=O)c1cccc(C(=O)Nc2ccc(NC(=O)c3cc4cc(F)ccc4[nH]3)cc2Cl)c1. The van der Waals surface area contributed by atoms with Crippen LogP contribution < -0.4 is 10.6 Å². The van der Waals surface area contributed by atoms with E-state index in [1.54, 1.807) is 12.1 Å². The van der Waals surface area contributed by atoms with Crippen molar-refractivity contribution in [2.75, 3.05) is 16.9 Å². The summed E-state index contributed by atoms with van der Waals surface area (Å²) in [4.78, 5) is 28.0. The van der Waals surface area contributed by atoms with Gasteiger partial charge in [-0.3, -0.25) is 9.59 Å². The molecule has 1 aromatic heterocycles. The number of aromatic amines is 1. The summed E-state index contributed by atoms with van der Waals surface area (Å²) in [6, 6.07) is 15.9. The first-order valence-electron chi connectivity index (χ1n) is 9.61. The maximum absolute atomic E-state index is 13.4. The molecule has 4 rings (SSSR count). The molecule has 0 fully saturated rings. The number of sulfone groups is 1. The van der Waals surface area contributed by atoms with E-state index in [4.69, 9.17) is 11.6 Å². The molecule has 10 heteroatoms. The quantitative estimate of drug-likeness (QED) is 0.375. The first-order valence-corrected chi connectivity index (χ1v) is 11.9. The zero-order valence-corrected chi connectivity index (χ0v) is 18.7. The summed E-state index contributed by atoms with van der Waals surface area (Å²) in [6.45, 7) is 0. The summed E-state index contributed by atoms with van der Waals surface area (Å²) in [5.41, 5.74) is 1.69. The minimum absolute atomic E-state index is 0.0269. The Morgan fingerprint density at radius 3 is 2.45 bits per heavy atom. The molecule has 0 bridgehead atoms. The van der Waals surface area contributed by atoms with E-state index in [1.807, 2.05) is 0 Å². The molecule has 0 saturated heterocycles. The van der Waals surface area contributed by atoms with Gasteiger partial charge in [-0.05, 0) is 60.7 Å². The number of hydrogen-bond acceptors (Lipinski definition) is 4. The van der Waals surface area contributed by atoms with Gasteiger partial charge in [0.25, 0.3) is 11.8 Å². The highest BCUT2D eigenvalue weighted by atomic mass is 35.5. The second-order valence-corrected chi connectivity index (χ2v) is 9.74. The molecule has 168 valence electrons. The van der Waals surface area contributed by atoms with E-state index in [2.05, 4.69) is 15.6 Å². The summed E-state index contributed by atoms with van der Waals surface area (Å²) in [7, 11) is -3.46. The van der Waals surface area contributed by atoms with Crippen molar-refractivity contribution in [1.29, 1.82) is 0 Å². The maximum Gasteiger partial charge on any atom is 0.272 e. The summed E-state index contributed by atoms with van der Waals surface area (Å²) < 4.78 is 36.8. The fraction of sp³-hybridized carbons (Fsp3) is 0.0435. The predicted molar refractivity (Wildman–Crippen MR) is 125 cm³/mol. The number of amides is 2. The first kappa shape index (κ1) is 22.5. The number of H-pyrrole nitrogens is 1. The lowest BCUT2D eigenvalue weighted by Gasteiger charge is -2.10. The molecule has 0 saturated carbocycles. The molecule has 4 aromatic rings. The highest BCUT2D eigenvalue weighted by molar-refractivity contribution is 7.90. The van der Waals surface area contributed by atoms with Gasteiger partial charge in [-0.15, -0.1) is 0 Å². The van der Waals surface area contributed by atoms with Crippen LogP contribution in [-0.2, 0) is 9.84 Å². The van der Waals surface area contributed by atoms with Gasteiger partial charge in [-0.2, -0.15) is 0 Å². The zero-order valence-electron chi connectivity index (χ0n) is 17.1. The lowest BCUT2D eigenvalue weighted by molar-refractivity contribution is 0.101. The Morgan fingerprint density at radius 2 is 1.73 bits per heavy atom. The Labute approximate surface area is 193 Å². The zero-order chi connectivity index (χ0) is 23.8. The van der Waals surface area contributed by atoms with E-state index in [9.17, 15) is 22.4 Å². The van der Waals surface area contributed by atoms with Crippen LogP contribution in [0.1, 0.15) is 20.8 Å². The smallest absolute Gasteiger partial charge is 0.272 e. The van der Waals surface area contributed by atoms with Crippen LogP contribution in [0.5, 0.6) is 0 Å². The van der Waals surface area contributed by atoms with E-state index in [-0.39, 0.29) is 26.9 Å². The van der Waals surface area contributed by atoms with Gasteiger partial charge in [0.1, 0.15) is 11.5 Å². The Balaban J connectivity index is 1.48. The maximum atomic E-state index is 13.4. The van der Waals surface area contributed by atoms with Crippen LogP contribution in [0.15, 0.2) is 71.6 Å². The average Bonchev–Trinajstić information content (AvgIpc) is 3.18. The third kappa shape index (κ3) is 5.05. The largest absolute Gasteiger partial charge is 0.351 e. The standard InChI is InChI=1S/C23H17ClFN3O4S/c1-33(31,32)17-4-2-3-13(10-17)22(29)28-20-8-6-16(12-18(20)24)26-23(30)21-11-14-9-15(25)5-7-19(14)27-21/h2-12,27H,1H3,(H,26,30)(H,28,29). The fourth-order valence-electron chi connectivity index (χ4n) is 3.18. The molecule has 7 nitrogen and oxygen atoms in total. The van der Waals surface area contributed by atoms with Crippen LogP contribution in [0.3, 0.4) is 0 Å². The van der Waals surface area contributed by atoms with E-state index in [0.29, 0.717) is 16.6 Å². The monoisotopic (exact) mass is 485 g/mol. The number of halogens is 2. The van der Waals surface area contributed by atoms with Crippen molar-refractivity contribution >= 4 is 55.5 Å². The summed E-state index contributed by atoms with van der Waals surface area (Å²) in [5.74, 6) is -1.39. The van der Waals surface area contributed by atoms with E-state index in [0.717, 1.165) is 6.26 Å². The van der Waals surface area contributed by atoms with Gasteiger partial charge in [-0.25, -0.2) is 12.8 Å². The highest BCUT2D eigenvalue weighted by Crippen LogP contribution is 2.27. The van der Waals surface area contributed by atoms with Crippen molar-refractivity contribution in [3.8, 4) is 0 Å². The van der Waals surface area contributed by atoms with Gasteiger partial charge >= 0.3 is 0 Å². The number of rotatable bonds is 5. The van der Waals surface area contributed by atoms with Crippen LogP contribution >= 0.6 is 11.6 Å². The number of hydrogen-bond donors (Lipinski definition) is 3. The van der Waals surface area contributed by atoms with Crippen molar-refractivity contribution in [2.45, 2.75) is 4.90 Å². The fourth-order valence-corrected chi connectivity index (χ4v) is 4.08. The number of anilines is 2. The van der Waals surface area contributed by atoms with Gasteiger partial charge in [-0.1, -0.05) is 17.7 Å². The second kappa shape index (κ2) is 8.68. The molecular formula is C23H17ClFN3O4S. The van der Waals surface area contributed by atoms with Crippen molar-refractivity contribution in [2.24, 2.45) is 0 Å². The Hall–Kier alpha value is -3.69. The van der Waals surface area contributed by atoms with E-state index in [1.165, 1.54) is 54.6 Å². The molecule has 0 atom stereocenters. The lowest BCUT2D eigenvalue weighted by Crippen LogP contribution is -2.14. The van der Waals surface area contributed by atoms with Crippen molar-refractivity contribution in [3.05, 3.63) is 88.8 Å². The number of fused-ring (bicyclic) bond motifs is 1. The normalized spacial score (nSPS) is 11.4. The lowest BCUT2D eigenvalue weighted by atomic mass is 10.2. The van der Waals surface area contributed by atoms with Gasteiger partial charge in [0.2, 0.25) is 0 Å². The Kier molecular flexibility index (Phi) is 5.92. The van der Waals surface area contributed by atoms with Gasteiger partial charge in [0.15, 0.2) is 9.84 Å². The molecule has 33 heavy (non-hydrogen) atoms. The topological polar surface area (TPSA) is 108 Å². The van der Waals surface area contributed by atoms with Crippen LogP contribution in [0.25, 0.3) is 10.9 Å². The molecule has 0 aliphatic carbocycles. The highest BCUT2D eigenvalue weighted by Gasteiger charge is 2.15. The number of benzene rings is 3. The van der Waals surface area contributed by atoms with Gasteiger partial charge in [0, 0.05) is 28.4 Å². The predicted octanol–water partition coefficient (Wildman–Crippen LogP) is 4.87. The second-order valence-electron chi connectivity index (χ2n) is 7.32. The Bertz CT molecular complexity index is 1520. The van der Waals surface area contributed by atoms with Gasteiger partial charge < -0.3 is 15.6 Å². The molecular weight excluding hydrogens is 469 g/mol. The first-order chi connectivity index (χ1) is 15.6. The van der Waals surface area contributed by atoms with E-state index >= 15 is 0 Å². The van der Waals surface area contributed by atoms with Crippen LogP contribution in [-0.4, -0.2) is 31.5 Å². The molecule has 0 aliphatic heterocycles. The molecule has 1 heterocycles. The molecule has 3 aromatic carbocycles. The minimum Gasteiger partial charge on any atom is -0.351 e. The minimum atomic E-state index is -3.46. The van der Waals surface area contributed by atoms with Crippen LogP contribution in [0.2, 0.25) is 5.02 Å². The number of nitrogens with one attached hydrogen (secondary N) is 3. The summed E-state index contributed by atoms with van der Waals surface area (Å²) in [5, 5.41) is 6.04. The van der Waals surface area contributed by atoms with E-state index < -0.39 is 27.5 Å². The Morgan fingerprint density at radius 1 is 0.939 bits per heavy atom. The van der Waals surface area contributed by atoms with Crippen LogP contribution in [0, 0.1) is 5.82 Å². The average molecular weight is 486 g/mol. The third-order valence-electron chi connectivity index (χ3n) is 4.83. The number of aromatic nitrogens is 1. The van der Waals surface area contributed by atoms with Crippen molar-refractivity contribution in [3.63, 3.8) is 0 Å². The molecule has 3 N–H and O–H groups in total. The third-order valence-corrected chi connectivity index (χ3v) is 6.25. The van der Waals surface area contributed by atoms with Crippen molar-refractivity contribution < 1.29 is 22.4 Å². The molecule has 0 aliphatic rings. The van der Waals surface area contributed by atoms with Crippen molar-refractivity contribution in [1.82, 2.24) is 4.98 Å². The number of carbonyl (C=O) groups is 2. The van der Waals surface area contributed by atoms with Crippen LogP contribution in [0.4, 0.5) is 15.8 Å². The molecule has 0 unspecified atom stereocenters.